The van der Waals surface area contributed by atoms with Crippen molar-refractivity contribution in [3.8, 4) is 0 Å². The van der Waals surface area contributed by atoms with E-state index >= 15 is 0 Å². The van der Waals surface area contributed by atoms with Gasteiger partial charge in [0.15, 0.2) is 0 Å². The molecule has 0 aliphatic carbocycles. The first kappa shape index (κ1) is 11.4. The highest BCUT2D eigenvalue weighted by molar-refractivity contribution is 5.47. The van der Waals surface area contributed by atoms with E-state index in [1.54, 1.807) is 0 Å². The molecule has 0 saturated carbocycles. The number of piperidine rings is 1. The van der Waals surface area contributed by atoms with Gasteiger partial charge in [0.25, 0.3) is 0 Å². The van der Waals surface area contributed by atoms with Gasteiger partial charge >= 0.3 is 0 Å². The zero-order valence-corrected chi connectivity index (χ0v) is 9.99. The van der Waals surface area contributed by atoms with Crippen molar-refractivity contribution in [2.75, 3.05) is 19.6 Å². The van der Waals surface area contributed by atoms with E-state index in [0.29, 0.717) is 0 Å². The summed E-state index contributed by atoms with van der Waals surface area (Å²) < 4.78 is 0. The van der Waals surface area contributed by atoms with Crippen molar-refractivity contribution in [3.63, 3.8) is 0 Å². The minimum Gasteiger partial charge on any atom is -0.303 e. The monoisotopic (exact) mass is 215 g/mol. The van der Waals surface area contributed by atoms with Crippen LogP contribution in [0, 0.1) is 0 Å². The summed E-state index contributed by atoms with van der Waals surface area (Å²) in [6.07, 6.45) is 7.27. The molecule has 86 valence electrons. The lowest BCUT2D eigenvalue weighted by Crippen LogP contribution is -2.31. The second kappa shape index (κ2) is 5.86. The number of nitrogens with zero attached hydrogens (tertiary/aromatic N) is 1. The molecule has 1 aromatic carbocycles. The van der Waals surface area contributed by atoms with Crippen LogP contribution in [0.5, 0.6) is 0 Å². The second-order valence-electron chi connectivity index (χ2n) is 4.60. The number of hydrogen-bond acceptors (Lipinski definition) is 1. The van der Waals surface area contributed by atoms with E-state index in [2.05, 4.69) is 35.7 Å². The van der Waals surface area contributed by atoms with E-state index in [1.807, 2.05) is 6.08 Å². The summed E-state index contributed by atoms with van der Waals surface area (Å²) in [5.41, 5.74) is 2.67. The summed E-state index contributed by atoms with van der Waals surface area (Å²) in [5, 5.41) is 0. The minimum absolute atomic E-state index is 1.17. The molecule has 1 nitrogen and oxygen atoms in total. The first-order valence-corrected chi connectivity index (χ1v) is 6.32. The highest BCUT2D eigenvalue weighted by Gasteiger charge is 2.09. The lowest BCUT2D eigenvalue weighted by atomic mass is 10.1. The van der Waals surface area contributed by atoms with Gasteiger partial charge in [-0.2, -0.15) is 0 Å². The van der Waals surface area contributed by atoms with E-state index in [0.717, 1.165) is 0 Å². The van der Waals surface area contributed by atoms with Crippen LogP contribution in [0.3, 0.4) is 0 Å². The van der Waals surface area contributed by atoms with Crippen LogP contribution >= 0.6 is 0 Å². The molecule has 0 atom stereocenters. The minimum atomic E-state index is 1.17. The van der Waals surface area contributed by atoms with Crippen molar-refractivity contribution >= 4 is 6.08 Å². The van der Waals surface area contributed by atoms with Crippen molar-refractivity contribution in [2.24, 2.45) is 0 Å². The second-order valence-corrected chi connectivity index (χ2v) is 4.60. The summed E-state index contributed by atoms with van der Waals surface area (Å²) in [7, 11) is 0. The van der Waals surface area contributed by atoms with Crippen molar-refractivity contribution in [3.05, 3.63) is 42.0 Å². The lowest BCUT2D eigenvalue weighted by Gasteiger charge is -2.26. The average Bonchev–Trinajstić information content (AvgIpc) is 2.38. The van der Waals surface area contributed by atoms with Crippen LogP contribution in [0.25, 0.3) is 6.08 Å². The molecule has 1 fully saturated rings. The van der Waals surface area contributed by atoms with Crippen LogP contribution in [-0.4, -0.2) is 24.5 Å². The zero-order valence-electron chi connectivity index (χ0n) is 9.99. The third kappa shape index (κ3) is 3.21. The van der Waals surface area contributed by atoms with Gasteiger partial charge < -0.3 is 4.90 Å². The van der Waals surface area contributed by atoms with E-state index in [9.17, 15) is 0 Å². The van der Waals surface area contributed by atoms with E-state index in [4.69, 9.17) is 0 Å². The fraction of sp³-hybridized carbons (Fsp3) is 0.467. The standard InChI is InChI=1S/C15H21N/c1-2-14-7-6-8-15(13-14)9-12-16-10-4-3-5-11-16/h2,6-8,13H,1,3-5,9-12H2. The molecule has 0 unspecified atom stereocenters. The lowest BCUT2D eigenvalue weighted by molar-refractivity contribution is 0.231. The van der Waals surface area contributed by atoms with Crippen LogP contribution in [0.4, 0.5) is 0 Å². The molecule has 2 rings (SSSR count). The van der Waals surface area contributed by atoms with E-state index < -0.39 is 0 Å². The predicted octanol–water partition coefficient (Wildman–Crippen LogP) is 3.36. The fourth-order valence-corrected chi connectivity index (χ4v) is 2.35. The van der Waals surface area contributed by atoms with Crippen molar-refractivity contribution in [2.45, 2.75) is 25.7 Å². The Hall–Kier alpha value is -1.08. The molecule has 0 radical (unpaired) electrons. The van der Waals surface area contributed by atoms with Gasteiger partial charge in [0, 0.05) is 6.54 Å². The topological polar surface area (TPSA) is 3.24 Å². The highest BCUT2D eigenvalue weighted by Crippen LogP contribution is 2.11. The molecule has 0 spiro atoms. The fourth-order valence-electron chi connectivity index (χ4n) is 2.35. The van der Waals surface area contributed by atoms with E-state index in [1.165, 1.54) is 56.4 Å². The van der Waals surface area contributed by atoms with Gasteiger partial charge in [0.2, 0.25) is 0 Å². The molecule has 1 aliphatic heterocycles. The average molecular weight is 215 g/mol. The van der Waals surface area contributed by atoms with Gasteiger partial charge in [0.1, 0.15) is 0 Å². The third-order valence-corrected chi connectivity index (χ3v) is 3.35. The van der Waals surface area contributed by atoms with Crippen LogP contribution in [0.15, 0.2) is 30.8 Å². The molecule has 1 aliphatic rings. The van der Waals surface area contributed by atoms with Crippen LogP contribution in [0.1, 0.15) is 30.4 Å². The summed E-state index contributed by atoms with van der Waals surface area (Å²) in [5.74, 6) is 0. The van der Waals surface area contributed by atoms with Crippen LogP contribution in [0.2, 0.25) is 0 Å². The maximum atomic E-state index is 3.81. The Morgan fingerprint density at radius 3 is 2.75 bits per heavy atom. The van der Waals surface area contributed by atoms with Gasteiger partial charge in [-0.15, -0.1) is 0 Å². The quantitative estimate of drug-likeness (QED) is 0.744. The Labute approximate surface area is 98.8 Å². The molecular formula is C15H21N. The Kier molecular flexibility index (Phi) is 4.17. The first-order valence-electron chi connectivity index (χ1n) is 6.32. The van der Waals surface area contributed by atoms with E-state index in [-0.39, 0.29) is 0 Å². The first-order chi connectivity index (χ1) is 7.88. The molecule has 0 N–H and O–H groups in total. The Bertz CT molecular complexity index is 337. The molecule has 1 heteroatoms. The Balaban J connectivity index is 1.85. The molecular weight excluding hydrogens is 194 g/mol. The van der Waals surface area contributed by atoms with Gasteiger partial charge in [-0.05, 0) is 43.5 Å². The molecule has 0 bridgehead atoms. The molecule has 1 saturated heterocycles. The smallest absolute Gasteiger partial charge is 0.00218 e. The highest BCUT2D eigenvalue weighted by atomic mass is 15.1. The summed E-state index contributed by atoms with van der Waals surface area (Å²) in [4.78, 5) is 2.59. The number of rotatable bonds is 4. The Morgan fingerprint density at radius 2 is 2.00 bits per heavy atom. The zero-order chi connectivity index (χ0) is 11.2. The number of likely N-dealkylation sites (tertiary alicyclic amines) is 1. The number of hydrogen-bond donors (Lipinski definition) is 0. The van der Waals surface area contributed by atoms with Crippen molar-refractivity contribution in [1.29, 1.82) is 0 Å². The van der Waals surface area contributed by atoms with Crippen LogP contribution in [-0.2, 0) is 6.42 Å². The Morgan fingerprint density at radius 1 is 1.19 bits per heavy atom. The summed E-state index contributed by atoms with van der Waals surface area (Å²) in [6, 6.07) is 8.70. The molecule has 1 aromatic rings. The largest absolute Gasteiger partial charge is 0.303 e. The van der Waals surface area contributed by atoms with Gasteiger partial charge in [-0.25, -0.2) is 0 Å². The van der Waals surface area contributed by atoms with Gasteiger partial charge in [-0.3, -0.25) is 0 Å². The SMILES string of the molecule is C=Cc1cccc(CCN2CCCCC2)c1. The van der Waals surface area contributed by atoms with Gasteiger partial charge in [-0.1, -0.05) is 43.3 Å². The molecule has 16 heavy (non-hydrogen) atoms. The molecule has 0 aromatic heterocycles. The maximum absolute atomic E-state index is 3.81. The molecule has 0 amide bonds. The number of benzene rings is 1. The predicted molar refractivity (Wildman–Crippen MR) is 70.5 cm³/mol. The van der Waals surface area contributed by atoms with Crippen molar-refractivity contribution < 1.29 is 0 Å². The van der Waals surface area contributed by atoms with Gasteiger partial charge in [0.05, 0.1) is 0 Å². The summed E-state index contributed by atoms with van der Waals surface area (Å²) in [6.45, 7) is 7.61. The normalized spacial score (nSPS) is 17.2. The summed E-state index contributed by atoms with van der Waals surface area (Å²) >= 11 is 0. The van der Waals surface area contributed by atoms with Crippen LogP contribution < -0.4 is 0 Å². The third-order valence-electron chi connectivity index (χ3n) is 3.35. The molecule has 1 heterocycles. The maximum Gasteiger partial charge on any atom is 0.00218 e. The van der Waals surface area contributed by atoms with Crippen molar-refractivity contribution in [1.82, 2.24) is 4.90 Å².